The summed E-state index contributed by atoms with van der Waals surface area (Å²) in [7, 11) is 0. The maximum atomic E-state index is 13.2. The first kappa shape index (κ1) is 41.4. The number of rotatable bonds is 27. The standard InChI is InChI=1S/C35H49N3O13/c1-25(2)35(44)51-24-23-50-22-21-49-20-19-48-18-17-47-16-15-46-14-13-45-12-5-3-4-9-29(39)36-27-8-6-7-26-31(27)34(43)38(33(26)42)28-10-11-30(40)37-32(28)41/h6-8,28H,1,3-5,9-24H2,2H3,(H,36,39)(H,37,40,41). The number of carbonyl (C=O) groups is 6. The number of piperidine rings is 1. The molecule has 0 radical (unpaired) electrons. The second kappa shape index (κ2) is 23.4. The number of benzene rings is 1. The number of hydrogen-bond donors (Lipinski definition) is 2. The first-order chi connectivity index (χ1) is 24.7. The van der Waals surface area contributed by atoms with Gasteiger partial charge in [0.05, 0.1) is 89.5 Å². The molecule has 2 aliphatic rings. The number of imide groups is 2. The van der Waals surface area contributed by atoms with Crippen LogP contribution in [0.15, 0.2) is 30.4 Å². The highest BCUT2D eigenvalue weighted by Crippen LogP contribution is 2.32. The fourth-order valence-corrected chi connectivity index (χ4v) is 5.02. The van der Waals surface area contributed by atoms with Crippen molar-refractivity contribution in [3.63, 3.8) is 0 Å². The van der Waals surface area contributed by atoms with Crippen molar-refractivity contribution in [3.05, 3.63) is 41.5 Å². The SMILES string of the molecule is C=C(C)C(=O)OCCOCCOCCOCCOCCOCCOCCCCCC(=O)Nc1cccc2c1C(=O)N(C1CCC(=O)NC1=O)C2=O. The Hall–Kier alpha value is -4.06. The highest BCUT2D eigenvalue weighted by atomic mass is 16.6. The lowest BCUT2D eigenvalue weighted by Crippen LogP contribution is -2.54. The molecule has 2 N–H and O–H groups in total. The maximum absolute atomic E-state index is 13.2. The van der Waals surface area contributed by atoms with Gasteiger partial charge in [-0.25, -0.2) is 4.79 Å². The molecule has 16 nitrogen and oxygen atoms in total. The molecule has 0 saturated carbocycles. The minimum absolute atomic E-state index is 0.0267. The van der Waals surface area contributed by atoms with Gasteiger partial charge in [0.1, 0.15) is 12.6 Å². The summed E-state index contributed by atoms with van der Waals surface area (Å²) in [5, 5.41) is 4.89. The molecule has 5 amide bonds. The van der Waals surface area contributed by atoms with Crippen molar-refractivity contribution in [1.82, 2.24) is 10.2 Å². The Morgan fingerprint density at radius 3 is 1.86 bits per heavy atom. The normalized spacial score (nSPS) is 15.5. The zero-order valence-corrected chi connectivity index (χ0v) is 29.2. The second-order valence-electron chi connectivity index (χ2n) is 11.6. The third-order valence-electron chi connectivity index (χ3n) is 7.60. The number of hydrogen-bond acceptors (Lipinski definition) is 13. The fraction of sp³-hybridized carbons (Fsp3) is 0.600. The highest BCUT2D eigenvalue weighted by molar-refractivity contribution is 6.26. The van der Waals surface area contributed by atoms with Crippen LogP contribution in [0.1, 0.15) is 66.2 Å². The van der Waals surface area contributed by atoms with Gasteiger partial charge in [-0.05, 0) is 38.3 Å². The van der Waals surface area contributed by atoms with Gasteiger partial charge >= 0.3 is 5.97 Å². The van der Waals surface area contributed by atoms with E-state index in [1.807, 2.05) is 0 Å². The van der Waals surface area contributed by atoms with E-state index < -0.39 is 35.6 Å². The molecule has 0 bridgehead atoms. The molecule has 3 rings (SSSR count). The van der Waals surface area contributed by atoms with Gasteiger partial charge in [0.25, 0.3) is 11.8 Å². The molecule has 1 atom stereocenters. The number of nitrogens with one attached hydrogen (secondary N) is 2. The predicted octanol–water partition coefficient (Wildman–Crippen LogP) is 1.81. The van der Waals surface area contributed by atoms with Gasteiger partial charge in [-0.1, -0.05) is 19.1 Å². The van der Waals surface area contributed by atoms with Crippen molar-refractivity contribution in [3.8, 4) is 0 Å². The van der Waals surface area contributed by atoms with Crippen molar-refractivity contribution < 1.29 is 61.9 Å². The lowest BCUT2D eigenvalue weighted by atomic mass is 10.0. The molecule has 16 heteroatoms. The average Bonchev–Trinajstić information content (AvgIpc) is 3.36. The van der Waals surface area contributed by atoms with E-state index in [0.29, 0.717) is 91.3 Å². The zero-order valence-electron chi connectivity index (χ0n) is 29.2. The number of carbonyl (C=O) groups excluding carboxylic acids is 6. The molecule has 2 heterocycles. The van der Waals surface area contributed by atoms with Crippen LogP contribution in [0.4, 0.5) is 5.69 Å². The quantitative estimate of drug-likeness (QED) is 0.0579. The Labute approximate surface area is 297 Å². The van der Waals surface area contributed by atoms with Crippen LogP contribution in [0, 0.1) is 0 Å². The van der Waals surface area contributed by atoms with E-state index in [2.05, 4.69) is 17.2 Å². The average molecular weight is 720 g/mol. The van der Waals surface area contributed by atoms with Crippen LogP contribution in [0.2, 0.25) is 0 Å². The van der Waals surface area contributed by atoms with Crippen molar-refractivity contribution in [2.75, 3.05) is 91.2 Å². The van der Waals surface area contributed by atoms with Crippen LogP contribution in [0.3, 0.4) is 0 Å². The van der Waals surface area contributed by atoms with Gasteiger partial charge < -0.3 is 38.5 Å². The third-order valence-corrected chi connectivity index (χ3v) is 7.60. The fourth-order valence-electron chi connectivity index (χ4n) is 5.02. The molecular weight excluding hydrogens is 670 g/mol. The Kier molecular flexibility index (Phi) is 19.0. The second-order valence-corrected chi connectivity index (χ2v) is 11.6. The van der Waals surface area contributed by atoms with Gasteiger partial charge in [-0.3, -0.25) is 34.2 Å². The lowest BCUT2D eigenvalue weighted by Gasteiger charge is -2.27. The lowest BCUT2D eigenvalue weighted by molar-refractivity contribution is -0.140. The first-order valence-corrected chi connectivity index (χ1v) is 17.1. The molecule has 2 aliphatic heterocycles. The van der Waals surface area contributed by atoms with E-state index in [0.717, 1.165) is 17.7 Å². The summed E-state index contributed by atoms with van der Waals surface area (Å²) in [4.78, 5) is 74.6. The molecule has 1 aromatic carbocycles. The Morgan fingerprint density at radius 2 is 1.31 bits per heavy atom. The van der Waals surface area contributed by atoms with Gasteiger partial charge in [0, 0.05) is 25.0 Å². The Morgan fingerprint density at radius 1 is 0.765 bits per heavy atom. The van der Waals surface area contributed by atoms with Crippen LogP contribution in [0.25, 0.3) is 0 Å². The Balaban J connectivity index is 1.10. The molecule has 282 valence electrons. The van der Waals surface area contributed by atoms with E-state index in [9.17, 15) is 28.8 Å². The molecule has 1 saturated heterocycles. The minimum atomic E-state index is -1.07. The third kappa shape index (κ3) is 14.6. The molecule has 1 aromatic rings. The minimum Gasteiger partial charge on any atom is -0.460 e. The van der Waals surface area contributed by atoms with Gasteiger partial charge in [-0.2, -0.15) is 0 Å². The zero-order chi connectivity index (χ0) is 36.8. The van der Waals surface area contributed by atoms with Crippen LogP contribution < -0.4 is 10.6 Å². The molecule has 1 fully saturated rings. The largest absolute Gasteiger partial charge is 0.460 e. The summed E-state index contributed by atoms with van der Waals surface area (Å²) in [6, 6.07) is 3.51. The highest BCUT2D eigenvalue weighted by Gasteiger charge is 2.45. The van der Waals surface area contributed by atoms with Crippen molar-refractivity contribution >= 4 is 41.2 Å². The summed E-state index contributed by atoms with van der Waals surface area (Å²) in [5.74, 6) is -3.16. The van der Waals surface area contributed by atoms with E-state index >= 15 is 0 Å². The smallest absolute Gasteiger partial charge is 0.333 e. The first-order valence-electron chi connectivity index (χ1n) is 17.1. The molecule has 0 spiro atoms. The van der Waals surface area contributed by atoms with E-state index in [1.54, 1.807) is 19.1 Å². The van der Waals surface area contributed by atoms with Gasteiger partial charge in [0.2, 0.25) is 17.7 Å². The summed E-state index contributed by atoms with van der Waals surface area (Å²) in [5.41, 5.74) is 0.726. The summed E-state index contributed by atoms with van der Waals surface area (Å²) in [6.45, 7) is 10.4. The van der Waals surface area contributed by atoms with Gasteiger partial charge in [0.15, 0.2) is 0 Å². The van der Waals surface area contributed by atoms with E-state index in [1.165, 1.54) is 6.07 Å². The van der Waals surface area contributed by atoms with E-state index in [-0.39, 0.29) is 48.6 Å². The number of fused-ring (bicyclic) bond motifs is 1. The molecule has 51 heavy (non-hydrogen) atoms. The number of ether oxygens (including phenoxy) is 7. The number of unbranched alkanes of at least 4 members (excludes halogenated alkanes) is 2. The van der Waals surface area contributed by atoms with Crippen molar-refractivity contribution in [1.29, 1.82) is 0 Å². The Bertz CT molecular complexity index is 1350. The summed E-state index contributed by atoms with van der Waals surface area (Å²) >= 11 is 0. The van der Waals surface area contributed by atoms with Crippen LogP contribution in [-0.2, 0) is 52.3 Å². The molecule has 1 unspecified atom stereocenters. The topological polar surface area (TPSA) is 194 Å². The van der Waals surface area contributed by atoms with Crippen LogP contribution in [-0.4, -0.2) is 132 Å². The monoisotopic (exact) mass is 719 g/mol. The number of anilines is 1. The molecular formula is C35H49N3O13. The summed E-state index contributed by atoms with van der Waals surface area (Å²) < 4.78 is 37.6. The van der Waals surface area contributed by atoms with Crippen molar-refractivity contribution in [2.45, 2.75) is 51.5 Å². The molecule has 0 aliphatic carbocycles. The molecule has 0 aromatic heterocycles. The predicted molar refractivity (Wildman–Crippen MR) is 181 cm³/mol. The summed E-state index contributed by atoms with van der Waals surface area (Å²) in [6.07, 6.45) is 2.43. The van der Waals surface area contributed by atoms with Crippen molar-refractivity contribution in [2.24, 2.45) is 0 Å². The number of amides is 5. The maximum Gasteiger partial charge on any atom is 0.333 e. The number of nitrogens with zero attached hydrogens (tertiary/aromatic N) is 1. The number of esters is 1. The van der Waals surface area contributed by atoms with E-state index in [4.69, 9.17) is 33.2 Å². The van der Waals surface area contributed by atoms with Gasteiger partial charge in [-0.15, -0.1) is 0 Å². The van der Waals surface area contributed by atoms with Crippen LogP contribution in [0.5, 0.6) is 0 Å². The van der Waals surface area contributed by atoms with Crippen LogP contribution >= 0.6 is 0 Å².